The molecule has 152 valence electrons. The predicted molar refractivity (Wildman–Crippen MR) is 102 cm³/mol. The molecule has 2 saturated heterocycles. The van der Waals surface area contributed by atoms with E-state index in [1.165, 1.54) is 17.2 Å². The molecule has 9 heteroatoms. The Labute approximate surface area is 171 Å². The summed E-state index contributed by atoms with van der Waals surface area (Å²) in [4.78, 5) is 40.4. The number of piperidine rings is 1. The monoisotopic (exact) mass is 418 g/mol. The highest BCUT2D eigenvalue weighted by Crippen LogP contribution is 2.38. The van der Waals surface area contributed by atoms with E-state index in [9.17, 15) is 19.5 Å². The topological polar surface area (TPSA) is 100 Å². The molecule has 1 unspecified atom stereocenters. The third-order valence-corrected chi connectivity index (χ3v) is 5.64. The number of carbonyl (C=O) groups excluding carboxylic acids is 2. The fraction of sp³-hybridized carbons (Fsp3) is 0.350. The van der Waals surface area contributed by atoms with Crippen molar-refractivity contribution in [1.29, 1.82) is 0 Å². The van der Waals surface area contributed by atoms with E-state index in [1.807, 2.05) is 0 Å². The van der Waals surface area contributed by atoms with Crippen LogP contribution in [0.15, 0.2) is 47.1 Å². The van der Waals surface area contributed by atoms with Crippen LogP contribution in [0.25, 0.3) is 0 Å². The number of amides is 2. The minimum absolute atomic E-state index is 0.0542. The van der Waals surface area contributed by atoms with Crippen LogP contribution in [-0.4, -0.2) is 64.2 Å². The van der Waals surface area contributed by atoms with Gasteiger partial charge in [0.25, 0.3) is 11.8 Å². The van der Waals surface area contributed by atoms with Gasteiger partial charge in [-0.3, -0.25) is 14.5 Å². The minimum Gasteiger partial charge on any atom is -0.480 e. The molecule has 1 N–H and O–H groups in total. The first kappa shape index (κ1) is 19.5. The Morgan fingerprint density at radius 3 is 2.48 bits per heavy atom. The van der Waals surface area contributed by atoms with E-state index in [0.29, 0.717) is 36.5 Å². The molecule has 3 heterocycles. The first-order valence-corrected chi connectivity index (χ1v) is 9.58. The van der Waals surface area contributed by atoms with Gasteiger partial charge in [0.1, 0.15) is 5.72 Å². The van der Waals surface area contributed by atoms with Crippen molar-refractivity contribution in [2.24, 2.45) is 0 Å². The number of likely N-dealkylation sites (tertiary alicyclic amines) is 1. The summed E-state index contributed by atoms with van der Waals surface area (Å²) < 4.78 is 11.0. The number of hydrogen-bond acceptors (Lipinski definition) is 5. The second-order valence-corrected chi connectivity index (χ2v) is 7.50. The lowest BCUT2D eigenvalue weighted by Gasteiger charge is -2.43. The molecule has 2 aliphatic heterocycles. The van der Waals surface area contributed by atoms with E-state index in [2.05, 4.69) is 0 Å². The summed E-state index contributed by atoms with van der Waals surface area (Å²) in [6.45, 7) is 0.531. The molecule has 0 radical (unpaired) electrons. The maximum atomic E-state index is 13.0. The average Bonchev–Trinajstić information content (AvgIpc) is 3.36. The van der Waals surface area contributed by atoms with Gasteiger partial charge in [-0.1, -0.05) is 17.7 Å². The lowest BCUT2D eigenvalue weighted by Crippen LogP contribution is -2.58. The molecule has 29 heavy (non-hydrogen) atoms. The quantitative estimate of drug-likeness (QED) is 0.821. The number of rotatable bonds is 3. The van der Waals surface area contributed by atoms with Crippen LogP contribution in [0.5, 0.6) is 0 Å². The van der Waals surface area contributed by atoms with Crippen molar-refractivity contribution in [1.82, 2.24) is 9.80 Å². The number of carbonyl (C=O) groups is 3. The van der Waals surface area contributed by atoms with Crippen LogP contribution < -0.4 is 0 Å². The molecular weight excluding hydrogens is 400 g/mol. The van der Waals surface area contributed by atoms with Crippen molar-refractivity contribution in [3.63, 3.8) is 0 Å². The van der Waals surface area contributed by atoms with Gasteiger partial charge in [0, 0.05) is 36.5 Å². The molecule has 1 aromatic carbocycles. The Hall–Kier alpha value is -2.84. The van der Waals surface area contributed by atoms with Crippen LogP contribution in [0.2, 0.25) is 5.02 Å². The molecule has 1 aromatic heterocycles. The van der Waals surface area contributed by atoms with Crippen molar-refractivity contribution in [3.8, 4) is 0 Å². The molecule has 2 aliphatic rings. The molecule has 4 rings (SSSR count). The maximum absolute atomic E-state index is 13.0. The molecule has 8 nitrogen and oxygen atoms in total. The number of benzene rings is 1. The first-order chi connectivity index (χ1) is 13.9. The summed E-state index contributed by atoms with van der Waals surface area (Å²) in [6, 6.07) is 8.65. The van der Waals surface area contributed by atoms with Gasteiger partial charge in [-0.25, -0.2) is 4.79 Å². The van der Waals surface area contributed by atoms with Gasteiger partial charge in [0.15, 0.2) is 11.8 Å². The SMILES string of the molecule is O=C(O)C1COC2(CCN(C(=O)c3cccc(Cl)c3)CC2)N1C(=O)c1ccco1. The number of carboxylic acids is 1. The van der Waals surface area contributed by atoms with E-state index in [-0.39, 0.29) is 18.3 Å². The Kier molecular flexibility index (Phi) is 5.06. The number of hydrogen-bond donors (Lipinski definition) is 1. The molecule has 1 spiro atoms. The highest BCUT2D eigenvalue weighted by Gasteiger charge is 2.54. The molecule has 2 amide bonds. The van der Waals surface area contributed by atoms with E-state index < -0.39 is 23.6 Å². The lowest BCUT2D eigenvalue weighted by molar-refractivity contribution is -0.143. The summed E-state index contributed by atoms with van der Waals surface area (Å²) in [7, 11) is 0. The smallest absolute Gasteiger partial charge is 0.328 e. The standard InChI is InChI=1S/C20H19ClN2O6/c21-14-4-1-3-13(11-14)17(24)22-8-6-20(7-9-22)23(15(12-29-20)19(26)27)18(25)16-5-2-10-28-16/h1-5,10-11,15H,6-9,12H2,(H,26,27). The van der Waals surface area contributed by atoms with Crippen molar-refractivity contribution in [2.45, 2.75) is 24.6 Å². The van der Waals surface area contributed by atoms with E-state index in [1.54, 1.807) is 35.2 Å². The zero-order chi connectivity index (χ0) is 20.6. The molecule has 0 bridgehead atoms. The Morgan fingerprint density at radius 2 is 1.86 bits per heavy atom. The molecule has 2 fully saturated rings. The third kappa shape index (κ3) is 3.49. The summed E-state index contributed by atoms with van der Waals surface area (Å²) in [5, 5.41) is 10.1. The Bertz CT molecular complexity index is 936. The van der Waals surface area contributed by atoms with Crippen LogP contribution in [-0.2, 0) is 9.53 Å². The van der Waals surface area contributed by atoms with Crippen molar-refractivity contribution >= 4 is 29.4 Å². The van der Waals surface area contributed by atoms with Gasteiger partial charge in [0.05, 0.1) is 12.9 Å². The fourth-order valence-corrected chi connectivity index (χ4v) is 4.13. The second kappa shape index (κ2) is 7.53. The number of carboxylic acid groups (broad SMARTS) is 1. The van der Waals surface area contributed by atoms with Crippen LogP contribution in [0, 0.1) is 0 Å². The highest BCUT2D eigenvalue weighted by molar-refractivity contribution is 6.30. The predicted octanol–water partition coefficient (Wildman–Crippen LogP) is 2.49. The molecule has 1 atom stereocenters. The maximum Gasteiger partial charge on any atom is 0.328 e. The Morgan fingerprint density at radius 1 is 1.10 bits per heavy atom. The largest absolute Gasteiger partial charge is 0.480 e. The second-order valence-electron chi connectivity index (χ2n) is 7.07. The van der Waals surface area contributed by atoms with E-state index in [4.69, 9.17) is 20.8 Å². The van der Waals surface area contributed by atoms with Gasteiger partial charge < -0.3 is 19.2 Å². The summed E-state index contributed by atoms with van der Waals surface area (Å²) in [5.74, 6) is -1.79. The lowest BCUT2D eigenvalue weighted by atomic mass is 9.96. The van der Waals surface area contributed by atoms with Crippen molar-refractivity contribution in [2.75, 3.05) is 19.7 Å². The summed E-state index contributed by atoms with van der Waals surface area (Å²) in [6.07, 6.45) is 1.96. The van der Waals surface area contributed by atoms with Crippen LogP contribution in [0.1, 0.15) is 33.8 Å². The first-order valence-electron chi connectivity index (χ1n) is 9.20. The van der Waals surface area contributed by atoms with Gasteiger partial charge in [-0.15, -0.1) is 0 Å². The molecular formula is C20H19ClN2O6. The summed E-state index contributed by atoms with van der Waals surface area (Å²) in [5.41, 5.74) is -0.606. The Balaban J connectivity index is 1.54. The number of aliphatic carboxylic acids is 1. The average molecular weight is 419 g/mol. The van der Waals surface area contributed by atoms with Gasteiger partial charge in [-0.05, 0) is 30.3 Å². The van der Waals surface area contributed by atoms with Crippen LogP contribution in [0.3, 0.4) is 0 Å². The van der Waals surface area contributed by atoms with Gasteiger partial charge in [-0.2, -0.15) is 0 Å². The number of furan rings is 1. The number of nitrogens with zero attached hydrogens (tertiary/aromatic N) is 2. The molecule has 0 saturated carbocycles. The number of halogens is 1. The third-order valence-electron chi connectivity index (χ3n) is 5.40. The fourth-order valence-electron chi connectivity index (χ4n) is 3.94. The van der Waals surface area contributed by atoms with Crippen LogP contribution in [0.4, 0.5) is 0 Å². The number of ether oxygens (including phenoxy) is 1. The van der Waals surface area contributed by atoms with Crippen molar-refractivity contribution < 1.29 is 28.6 Å². The zero-order valence-electron chi connectivity index (χ0n) is 15.4. The normalized spacial score (nSPS) is 20.8. The highest BCUT2D eigenvalue weighted by atomic mass is 35.5. The van der Waals surface area contributed by atoms with Crippen LogP contribution >= 0.6 is 11.6 Å². The summed E-state index contributed by atoms with van der Waals surface area (Å²) >= 11 is 5.98. The van der Waals surface area contributed by atoms with E-state index >= 15 is 0 Å². The molecule has 2 aromatic rings. The zero-order valence-corrected chi connectivity index (χ0v) is 16.2. The molecule has 0 aliphatic carbocycles. The minimum atomic E-state index is -1.14. The van der Waals surface area contributed by atoms with E-state index in [0.717, 1.165) is 0 Å². The van der Waals surface area contributed by atoms with Gasteiger partial charge in [0.2, 0.25) is 0 Å². The van der Waals surface area contributed by atoms with Crippen molar-refractivity contribution in [3.05, 3.63) is 59.0 Å². The van der Waals surface area contributed by atoms with Gasteiger partial charge >= 0.3 is 5.97 Å².